The number of hydrogen-bond acceptors (Lipinski definition) is 3. The van der Waals surface area contributed by atoms with E-state index in [0.717, 1.165) is 3.57 Å². The number of aliphatic hydroxyl groups is 1. The Balaban J connectivity index is 2.82. The number of nitrogens with one attached hydrogen (secondary N) is 1. The van der Waals surface area contributed by atoms with Crippen molar-refractivity contribution in [1.82, 2.24) is 5.32 Å². The molecular formula is C10H9ClINO4. The topological polar surface area (TPSA) is 86.6 Å². The number of benzene rings is 1. The highest BCUT2D eigenvalue weighted by molar-refractivity contribution is 14.1. The highest BCUT2D eigenvalue weighted by Gasteiger charge is 2.19. The van der Waals surface area contributed by atoms with E-state index in [1.807, 2.05) is 22.6 Å². The van der Waals surface area contributed by atoms with Crippen molar-refractivity contribution in [3.8, 4) is 0 Å². The van der Waals surface area contributed by atoms with Crippen molar-refractivity contribution in [2.75, 3.05) is 6.61 Å². The molecule has 0 fully saturated rings. The largest absolute Gasteiger partial charge is 0.480 e. The zero-order valence-corrected chi connectivity index (χ0v) is 11.4. The monoisotopic (exact) mass is 369 g/mol. The van der Waals surface area contributed by atoms with Crippen LogP contribution in [-0.4, -0.2) is 34.7 Å². The zero-order valence-electron chi connectivity index (χ0n) is 8.48. The Kier molecular flexibility index (Phi) is 5.16. The summed E-state index contributed by atoms with van der Waals surface area (Å²) < 4.78 is 0.790. The van der Waals surface area contributed by atoms with Gasteiger partial charge in [-0.15, -0.1) is 0 Å². The van der Waals surface area contributed by atoms with Crippen LogP contribution >= 0.6 is 34.2 Å². The van der Waals surface area contributed by atoms with Crippen molar-refractivity contribution in [1.29, 1.82) is 0 Å². The normalized spacial score (nSPS) is 11.9. The van der Waals surface area contributed by atoms with E-state index in [1.54, 1.807) is 6.07 Å². The molecule has 0 aromatic heterocycles. The summed E-state index contributed by atoms with van der Waals surface area (Å²) in [7, 11) is 0. The van der Waals surface area contributed by atoms with E-state index < -0.39 is 24.5 Å². The number of carbonyl (C=O) groups excluding carboxylic acids is 1. The van der Waals surface area contributed by atoms with Gasteiger partial charge in [0, 0.05) is 9.13 Å². The number of carbonyl (C=O) groups is 2. The van der Waals surface area contributed by atoms with Gasteiger partial charge in [-0.25, -0.2) is 4.79 Å². The summed E-state index contributed by atoms with van der Waals surface area (Å²) in [6.07, 6.45) is 0. The van der Waals surface area contributed by atoms with Gasteiger partial charge in [-0.3, -0.25) is 4.79 Å². The smallest absolute Gasteiger partial charge is 0.328 e. The van der Waals surface area contributed by atoms with Gasteiger partial charge < -0.3 is 15.5 Å². The molecule has 1 rings (SSSR count). The average molecular weight is 370 g/mol. The standard InChI is InChI=1S/C10H9ClINO4/c11-6-3-5(1-2-7(6)12)9(15)13-8(4-14)10(16)17/h1-3,8,14H,4H2,(H,13,15)(H,16,17)/t8-/m1/s1. The molecule has 1 amide bonds. The first-order valence-electron chi connectivity index (χ1n) is 4.55. The molecule has 1 atom stereocenters. The lowest BCUT2D eigenvalue weighted by Crippen LogP contribution is -2.43. The molecule has 3 N–H and O–H groups in total. The molecule has 0 radical (unpaired) electrons. The Morgan fingerprint density at radius 3 is 2.59 bits per heavy atom. The van der Waals surface area contributed by atoms with Crippen LogP contribution in [0.3, 0.4) is 0 Å². The number of carboxylic acids is 1. The molecule has 7 heteroatoms. The van der Waals surface area contributed by atoms with Gasteiger partial charge in [0.25, 0.3) is 5.91 Å². The maximum absolute atomic E-state index is 11.6. The number of halogens is 2. The Hall–Kier alpha value is -0.860. The second-order valence-electron chi connectivity index (χ2n) is 3.18. The number of carboxylic acid groups (broad SMARTS) is 1. The van der Waals surface area contributed by atoms with Crippen molar-refractivity contribution >= 4 is 46.1 Å². The quantitative estimate of drug-likeness (QED) is 0.694. The summed E-state index contributed by atoms with van der Waals surface area (Å²) in [5, 5.41) is 20.0. The zero-order chi connectivity index (χ0) is 13.0. The molecule has 0 unspecified atom stereocenters. The lowest BCUT2D eigenvalue weighted by molar-refractivity contribution is -0.140. The summed E-state index contributed by atoms with van der Waals surface area (Å²) in [5.41, 5.74) is 0.245. The minimum absolute atomic E-state index is 0.245. The molecule has 1 aromatic rings. The van der Waals surface area contributed by atoms with Crippen LogP contribution in [0.5, 0.6) is 0 Å². The minimum Gasteiger partial charge on any atom is -0.480 e. The van der Waals surface area contributed by atoms with Gasteiger partial charge in [-0.2, -0.15) is 0 Å². The minimum atomic E-state index is -1.32. The molecule has 0 saturated carbocycles. The lowest BCUT2D eigenvalue weighted by Gasteiger charge is -2.11. The van der Waals surface area contributed by atoms with Crippen LogP contribution in [0.4, 0.5) is 0 Å². The van der Waals surface area contributed by atoms with Gasteiger partial charge in [-0.05, 0) is 40.8 Å². The molecule has 0 aliphatic heterocycles. The van der Waals surface area contributed by atoms with Crippen LogP contribution in [-0.2, 0) is 4.79 Å². The van der Waals surface area contributed by atoms with Crippen LogP contribution in [0, 0.1) is 3.57 Å². The SMILES string of the molecule is O=C(N[C@H](CO)C(=O)O)c1ccc(I)c(Cl)c1. The number of hydrogen-bond donors (Lipinski definition) is 3. The van der Waals surface area contributed by atoms with Crippen molar-refractivity contribution in [2.24, 2.45) is 0 Å². The molecule has 1 aromatic carbocycles. The van der Waals surface area contributed by atoms with Crippen LogP contribution in [0.25, 0.3) is 0 Å². The molecule has 5 nitrogen and oxygen atoms in total. The molecule has 0 aliphatic carbocycles. The van der Waals surface area contributed by atoms with Crippen molar-refractivity contribution in [3.05, 3.63) is 32.4 Å². The third kappa shape index (κ3) is 3.83. The Morgan fingerprint density at radius 2 is 2.12 bits per heavy atom. The van der Waals surface area contributed by atoms with Crippen LogP contribution < -0.4 is 5.32 Å². The third-order valence-corrected chi connectivity index (χ3v) is 3.54. The first-order chi connectivity index (χ1) is 7.95. The van der Waals surface area contributed by atoms with E-state index in [-0.39, 0.29) is 5.56 Å². The van der Waals surface area contributed by atoms with Crippen LogP contribution in [0.1, 0.15) is 10.4 Å². The Morgan fingerprint density at radius 1 is 1.47 bits per heavy atom. The first-order valence-corrected chi connectivity index (χ1v) is 6.01. The van der Waals surface area contributed by atoms with Crippen molar-refractivity contribution in [2.45, 2.75) is 6.04 Å². The molecule has 0 saturated heterocycles. The van der Waals surface area contributed by atoms with Gasteiger partial charge in [-0.1, -0.05) is 11.6 Å². The highest BCUT2D eigenvalue weighted by atomic mass is 127. The number of aliphatic hydroxyl groups excluding tert-OH is 1. The molecule has 0 spiro atoms. The Bertz CT molecular complexity index is 452. The fraction of sp³-hybridized carbons (Fsp3) is 0.200. The molecule has 92 valence electrons. The summed E-state index contributed by atoms with van der Waals surface area (Å²) >= 11 is 7.85. The van der Waals surface area contributed by atoms with Gasteiger partial charge in [0.15, 0.2) is 6.04 Å². The maximum atomic E-state index is 11.6. The van der Waals surface area contributed by atoms with Crippen molar-refractivity contribution in [3.63, 3.8) is 0 Å². The number of amides is 1. The van der Waals surface area contributed by atoms with Crippen LogP contribution in [0.15, 0.2) is 18.2 Å². The first kappa shape index (κ1) is 14.2. The maximum Gasteiger partial charge on any atom is 0.328 e. The Labute approximate surface area is 116 Å². The fourth-order valence-corrected chi connectivity index (χ4v) is 1.58. The summed E-state index contributed by atoms with van der Waals surface area (Å²) in [5.74, 6) is -1.89. The van der Waals surface area contributed by atoms with Crippen molar-refractivity contribution < 1.29 is 19.8 Å². The van der Waals surface area contributed by atoms with E-state index in [1.165, 1.54) is 12.1 Å². The summed E-state index contributed by atoms with van der Waals surface area (Å²) in [6.45, 7) is -0.667. The van der Waals surface area contributed by atoms with Crippen LogP contribution in [0.2, 0.25) is 5.02 Å². The van der Waals surface area contributed by atoms with E-state index in [4.69, 9.17) is 21.8 Å². The highest BCUT2D eigenvalue weighted by Crippen LogP contribution is 2.19. The predicted molar refractivity (Wildman–Crippen MR) is 70.1 cm³/mol. The van der Waals surface area contributed by atoms with E-state index in [0.29, 0.717) is 5.02 Å². The van der Waals surface area contributed by atoms with Gasteiger partial charge in [0.05, 0.1) is 11.6 Å². The number of rotatable bonds is 4. The molecule has 0 heterocycles. The number of aliphatic carboxylic acids is 1. The molecule has 0 aliphatic rings. The molecule has 17 heavy (non-hydrogen) atoms. The van der Waals surface area contributed by atoms with Gasteiger partial charge >= 0.3 is 5.97 Å². The fourth-order valence-electron chi connectivity index (χ4n) is 1.06. The molecular weight excluding hydrogens is 360 g/mol. The predicted octanol–water partition coefficient (Wildman–Crippen LogP) is 1.12. The second kappa shape index (κ2) is 6.18. The summed E-state index contributed by atoms with van der Waals surface area (Å²) in [6, 6.07) is 3.29. The lowest BCUT2D eigenvalue weighted by atomic mass is 10.2. The van der Waals surface area contributed by atoms with E-state index in [2.05, 4.69) is 5.32 Å². The molecule has 0 bridgehead atoms. The second-order valence-corrected chi connectivity index (χ2v) is 4.75. The van der Waals surface area contributed by atoms with E-state index >= 15 is 0 Å². The third-order valence-electron chi connectivity index (χ3n) is 1.97. The summed E-state index contributed by atoms with van der Waals surface area (Å²) in [4.78, 5) is 22.3. The van der Waals surface area contributed by atoms with E-state index in [9.17, 15) is 9.59 Å². The average Bonchev–Trinajstić information content (AvgIpc) is 2.28. The van der Waals surface area contributed by atoms with Gasteiger partial charge in [0.2, 0.25) is 0 Å². The van der Waals surface area contributed by atoms with Gasteiger partial charge in [0.1, 0.15) is 0 Å².